The summed E-state index contributed by atoms with van der Waals surface area (Å²) in [6.45, 7) is 0. The second-order valence-corrected chi connectivity index (χ2v) is 6.90. The monoisotopic (exact) mass is 471 g/mol. The summed E-state index contributed by atoms with van der Waals surface area (Å²) in [4.78, 5) is 22.1. The van der Waals surface area contributed by atoms with Crippen molar-refractivity contribution < 1.29 is 27.9 Å². The van der Waals surface area contributed by atoms with Crippen LogP contribution < -0.4 is 5.32 Å². The first kappa shape index (κ1) is 18.7. The number of nitrogens with zero attached hydrogens (tertiary/aromatic N) is 2. The molecule has 1 fully saturated rings. The molecule has 1 aromatic rings. The number of amides is 1. The van der Waals surface area contributed by atoms with Gasteiger partial charge in [-0.25, -0.2) is 0 Å². The van der Waals surface area contributed by atoms with Gasteiger partial charge in [-0.3, -0.25) is 9.59 Å². The number of amidine groups is 1. The van der Waals surface area contributed by atoms with Gasteiger partial charge in [0.1, 0.15) is 5.25 Å². The predicted molar refractivity (Wildman–Crippen MR) is 91.0 cm³/mol. The Hall–Kier alpha value is -1.63. The van der Waals surface area contributed by atoms with Crippen molar-refractivity contribution in [1.82, 2.24) is 5.32 Å². The van der Waals surface area contributed by atoms with Crippen molar-refractivity contribution in [2.45, 2.75) is 17.8 Å². The first-order valence-electron chi connectivity index (χ1n) is 6.34. The third kappa shape index (κ3) is 4.69. The number of carbonyl (C=O) groups is 2. The Kier molecular flexibility index (Phi) is 5.85. The number of aliphatic carboxylic acids is 1. The van der Waals surface area contributed by atoms with E-state index in [-0.39, 0.29) is 17.2 Å². The molecular weight excluding hydrogens is 462 g/mol. The van der Waals surface area contributed by atoms with E-state index in [1.54, 1.807) is 22.6 Å². The van der Waals surface area contributed by atoms with Crippen LogP contribution in [-0.2, 0) is 15.8 Å². The zero-order chi connectivity index (χ0) is 17.9. The maximum atomic E-state index is 13.0. The smallest absolute Gasteiger partial charge is 0.417 e. The highest BCUT2D eigenvalue weighted by atomic mass is 127. The number of benzene rings is 1. The zero-order valence-corrected chi connectivity index (χ0v) is 14.6. The van der Waals surface area contributed by atoms with E-state index >= 15 is 0 Å². The first-order chi connectivity index (χ1) is 11.2. The van der Waals surface area contributed by atoms with Crippen molar-refractivity contribution in [2.24, 2.45) is 10.2 Å². The van der Waals surface area contributed by atoms with E-state index in [9.17, 15) is 22.8 Å². The number of alkyl halides is 3. The van der Waals surface area contributed by atoms with Gasteiger partial charge in [-0.15, -0.1) is 5.10 Å². The molecule has 11 heteroatoms. The van der Waals surface area contributed by atoms with Gasteiger partial charge in [0.2, 0.25) is 5.91 Å². The summed E-state index contributed by atoms with van der Waals surface area (Å²) in [5.74, 6) is -1.66. The van der Waals surface area contributed by atoms with Crippen LogP contribution in [0.4, 0.5) is 13.2 Å². The van der Waals surface area contributed by atoms with Crippen molar-refractivity contribution in [1.29, 1.82) is 0 Å². The Bertz CT molecular complexity index is 737. The van der Waals surface area contributed by atoms with Gasteiger partial charge in [0.15, 0.2) is 5.17 Å². The van der Waals surface area contributed by atoms with Gasteiger partial charge < -0.3 is 10.4 Å². The molecule has 0 radical (unpaired) electrons. The van der Waals surface area contributed by atoms with Crippen LogP contribution in [0.2, 0.25) is 0 Å². The normalized spacial score (nSPS) is 19.9. The average molecular weight is 471 g/mol. The number of nitrogens with one attached hydrogen (secondary N) is 1. The highest BCUT2D eigenvalue weighted by Crippen LogP contribution is 2.33. The van der Waals surface area contributed by atoms with Crippen molar-refractivity contribution >= 4 is 57.6 Å². The lowest BCUT2D eigenvalue weighted by atomic mass is 10.1. The number of hydrogen-bond donors (Lipinski definition) is 2. The minimum Gasteiger partial charge on any atom is -0.481 e. The second kappa shape index (κ2) is 7.51. The van der Waals surface area contributed by atoms with Crippen LogP contribution in [0.5, 0.6) is 0 Å². The van der Waals surface area contributed by atoms with E-state index in [2.05, 4.69) is 15.5 Å². The number of carboxylic acid groups (broad SMARTS) is 1. The summed E-state index contributed by atoms with van der Waals surface area (Å²) in [5.41, 5.74) is -0.975. The summed E-state index contributed by atoms with van der Waals surface area (Å²) in [5, 5.41) is 17.4. The fourth-order valence-electron chi connectivity index (χ4n) is 1.80. The minimum atomic E-state index is -4.53. The Morgan fingerprint density at radius 1 is 1.46 bits per heavy atom. The summed E-state index contributed by atoms with van der Waals surface area (Å²) >= 11 is 2.62. The lowest BCUT2D eigenvalue weighted by Gasteiger charge is -2.10. The van der Waals surface area contributed by atoms with E-state index in [1.807, 2.05) is 0 Å². The number of carbonyl (C=O) groups excluding carboxylic acids is 1. The molecule has 0 bridgehead atoms. The van der Waals surface area contributed by atoms with E-state index in [0.717, 1.165) is 24.0 Å². The summed E-state index contributed by atoms with van der Waals surface area (Å²) in [6.07, 6.45) is -3.96. The molecule has 24 heavy (non-hydrogen) atoms. The quantitative estimate of drug-likeness (QED) is 0.402. The fraction of sp³-hybridized carbons (Fsp3) is 0.231. The summed E-state index contributed by atoms with van der Waals surface area (Å²) in [6, 6.07) is 3.72. The molecule has 1 aliphatic heterocycles. The third-order valence-corrected chi connectivity index (χ3v) is 4.84. The first-order valence-corrected chi connectivity index (χ1v) is 8.30. The van der Waals surface area contributed by atoms with Crippen LogP contribution in [0, 0.1) is 3.57 Å². The molecule has 1 unspecified atom stereocenters. The van der Waals surface area contributed by atoms with Crippen LogP contribution in [0.25, 0.3) is 0 Å². The second-order valence-electron chi connectivity index (χ2n) is 4.54. The van der Waals surface area contributed by atoms with E-state index in [4.69, 9.17) is 5.11 Å². The van der Waals surface area contributed by atoms with Gasteiger partial charge >= 0.3 is 12.1 Å². The topological polar surface area (TPSA) is 91.1 Å². The maximum Gasteiger partial charge on any atom is 0.417 e. The van der Waals surface area contributed by atoms with Gasteiger partial charge in [0.05, 0.1) is 18.2 Å². The molecule has 6 nitrogen and oxygen atoms in total. The highest BCUT2D eigenvalue weighted by molar-refractivity contribution is 14.1. The van der Waals surface area contributed by atoms with Gasteiger partial charge in [0, 0.05) is 9.13 Å². The van der Waals surface area contributed by atoms with E-state index in [1.165, 1.54) is 12.1 Å². The van der Waals surface area contributed by atoms with Crippen molar-refractivity contribution in [3.8, 4) is 0 Å². The predicted octanol–water partition coefficient (Wildman–Crippen LogP) is 2.71. The molecule has 1 aliphatic rings. The van der Waals surface area contributed by atoms with Crippen molar-refractivity contribution in [3.05, 3.63) is 32.9 Å². The molecule has 1 aromatic carbocycles. The molecule has 0 saturated carbocycles. The van der Waals surface area contributed by atoms with Crippen LogP contribution in [0.3, 0.4) is 0 Å². The Morgan fingerprint density at radius 3 is 2.79 bits per heavy atom. The molecular formula is C13H9F3IN3O3S. The Morgan fingerprint density at radius 2 is 2.17 bits per heavy atom. The molecule has 0 aromatic heterocycles. The SMILES string of the molecule is O=C(O)CC1SC(=NN=Cc2c(I)cccc2C(F)(F)F)NC1=O. The summed E-state index contributed by atoms with van der Waals surface area (Å²) in [7, 11) is 0. The third-order valence-electron chi connectivity index (χ3n) is 2.83. The number of hydrogen-bond acceptors (Lipinski definition) is 5. The Balaban J connectivity index is 2.18. The van der Waals surface area contributed by atoms with Gasteiger partial charge in [-0.2, -0.15) is 18.3 Å². The van der Waals surface area contributed by atoms with Gasteiger partial charge in [-0.1, -0.05) is 17.8 Å². The van der Waals surface area contributed by atoms with E-state index < -0.39 is 28.9 Å². The van der Waals surface area contributed by atoms with Gasteiger partial charge in [0.25, 0.3) is 0 Å². The fourth-order valence-corrected chi connectivity index (χ4v) is 3.35. The van der Waals surface area contributed by atoms with Gasteiger partial charge in [-0.05, 0) is 34.7 Å². The molecule has 0 aliphatic carbocycles. The lowest BCUT2D eigenvalue weighted by molar-refractivity contribution is -0.138. The maximum absolute atomic E-state index is 13.0. The molecule has 2 rings (SSSR count). The van der Waals surface area contributed by atoms with Crippen LogP contribution in [-0.4, -0.2) is 33.6 Å². The minimum absolute atomic E-state index is 0.0435. The van der Waals surface area contributed by atoms with Crippen LogP contribution in [0.1, 0.15) is 17.5 Å². The molecule has 1 atom stereocenters. The number of thioether (sulfide) groups is 1. The number of rotatable bonds is 4. The lowest BCUT2D eigenvalue weighted by Crippen LogP contribution is -2.26. The van der Waals surface area contributed by atoms with E-state index in [0.29, 0.717) is 3.57 Å². The largest absolute Gasteiger partial charge is 0.481 e. The molecule has 0 spiro atoms. The molecule has 1 heterocycles. The molecule has 1 saturated heterocycles. The molecule has 1 amide bonds. The van der Waals surface area contributed by atoms with Crippen molar-refractivity contribution in [3.63, 3.8) is 0 Å². The van der Waals surface area contributed by atoms with Crippen LogP contribution >= 0.6 is 34.4 Å². The number of carboxylic acids is 1. The Labute approximate surface area is 151 Å². The van der Waals surface area contributed by atoms with Crippen LogP contribution in [0.15, 0.2) is 28.4 Å². The number of halogens is 4. The summed E-state index contributed by atoms with van der Waals surface area (Å²) < 4.78 is 39.2. The average Bonchev–Trinajstić information content (AvgIpc) is 2.79. The molecule has 2 N–H and O–H groups in total. The molecule has 128 valence electrons. The highest BCUT2D eigenvalue weighted by Gasteiger charge is 2.34. The standard InChI is InChI=1S/C13H9F3IN3O3S/c14-13(15,16)7-2-1-3-8(17)6(7)5-18-20-12-19-11(23)9(24-12)4-10(21)22/h1-3,5,9H,4H2,(H,21,22)(H,19,20,23). The van der Waals surface area contributed by atoms with Crippen molar-refractivity contribution in [2.75, 3.05) is 0 Å². The zero-order valence-electron chi connectivity index (χ0n) is 11.7.